The molecule has 9 nitrogen and oxygen atoms in total. The molecule has 3 aromatic rings. The molecule has 1 atom stereocenters. The van der Waals surface area contributed by atoms with E-state index in [4.69, 9.17) is 10.1 Å². The van der Waals surface area contributed by atoms with Crippen LogP contribution >= 0.6 is 0 Å². The minimum Gasteiger partial charge on any atom is -0.492 e. The molecule has 4 rings (SSSR count). The minimum atomic E-state index is -0.323. The van der Waals surface area contributed by atoms with Crippen LogP contribution in [0.4, 0.5) is 0 Å². The molecule has 1 aliphatic rings. The van der Waals surface area contributed by atoms with Gasteiger partial charge in [0.05, 0.1) is 24.1 Å². The molecule has 9 heteroatoms. The van der Waals surface area contributed by atoms with E-state index in [1.807, 2.05) is 55.5 Å². The number of allylic oxidation sites excluding steroid dienone is 1. The van der Waals surface area contributed by atoms with Crippen LogP contribution < -0.4 is 10.1 Å². The molecule has 1 aromatic carbocycles. The molecule has 1 aliphatic heterocycles. The van der Waals surface area contributed by atoms with Crippen molar-refractivity contribution in [2.24, 2.45) is 0 Å². The lowest BCUT2D eigenvalue weighted by molar-refractivity contribution is 0.0668. The highest BCUT2D eigenvalue weighted by atomic mass is 16.5. The summed E-state index contributed by atoms with van der Waals surface area (Å²) in [6.07, 6.45) is 7.59. The fourth-order valence-corrected chi connectivity index (χ4v) is 4.83. The number of benzene rings is 1. The van der Waals surface area contributed by atoms with Crippen molar-refractivity contribution < 1.29 is 9.53 Å². The highest BCUT2D eigenvalue weighted by Crippen LogP contribution is 2.32. The van der Waals surface area contributed by atoms with Gasteiger partial charge in [0, 0.05) is 62.1 Å². The Kier molecular flexibility index (Phi) is 7.91. The van der Waals surface area contributed by atoms with E-state index in [2.05, 4.69) is 21.4 Å². The molecular weight excluding hydrogens is 478 g/mol. The van der Waals surface area contributed by atoms with E-state index in [0.29, 0.717) is 54.4 Å². The number of aromatic nitrogens is 3. The topological polar surface area (TPSA) is 120 Å². The number of pyridine rings is 1. The summed E-state index contributed by atoms with van der Waals surface area (Å²) in [6.45, 7) is 9.10. The number of nitrogens with zero attached hydrogens (tertiary/aromatic N) is 5. The molecule has 0 saturated carbocycles. The number of hydrogen-bond acceptors (Lipinski definition) is 7. The molecule has 0 bridgehead atoms. The number of nitrogens with one attached hydrogen (secondary N) is 2. The number of imidazole rings is 1. The predicted octanol–water partition coefficient (Wildman–Crippen LogP) is 4.16. The lowest BCUT2D eigenvalue weighted by atomic mass is 9.87. The monoisotopic (exact) mass is 511 g/mol. The number of nitriles is 1. The molecule has 38 heavy (non-hydrogen) atoms. The lowest BCUT2D eigenvalue weighted by Crippen LogP contribution is -2.40. The molecular formula is C29H33N7O2. The van der Waals surface area contributed by atoms with Crippen molar-refractivity contribution in [2.45, 2.75) is 46.7 Å². The van der Waals surface area contributed by atoms with Gasteiger partial charge in [-0.25, -0.2) is 4.98 Å². The molecule has 196 valence electrons. The fraction of sp³-hybridized carbons (Fsp3) is 0.345. The van der Waals surface area contributed by atoms with Crippen molar-refractivity contribution in [3.05, 3.63) is 87.9 Å². The maximum absolute atomic E-state index is 14.0. The van der Waals surface area contributed by atoms with Gasteiger partial charge in [-0.1, -0.05) is 0 Å². The number of hydrogen-bond donors (Lipinski definition) is 2. The average Bonchev–Trinajstić information content (AvgIpc) is 3.32. The predicted molar refractivity (Wildman–Crippen MR) is 145 cm³/mol. The summed E-state index contributed by atoms with van der Waals surface area (Å²) in [5.74, 6) is 1.25. The molecule has 2 aromatic heterocycles. The zero-order chi connectivity index (χ0) is 27.4. The normalized spacial score (nSPS) is 14.1. The van der Waals surface area contributed by atoms with Crippen LogP contribution in [0.1, 0.15) is 70.9 Å². The Morgan fingerprint density at radius 2 is 2.13 bits per heavy atom. The van der Waals surface area contributed by atoms with Gasteiger partial charge >= 0.3 is 0 Å². The molecule has 0 unspecified atom stereocenters. The number of carbonyl (C=O) groups excluding carboxylic acids is 1. The number of aryl methyl sites for hydroxylation is 1. The third-order valence-electron chi connectivity index (χ3n) is 6.91. The molecule has 3 heterocycles. The van der Waals surface area contributed by atoms with Crippen LogP contribution in [0.25, 0.3) is 0 Å². The third-order valence-corrected chi connectivity index (χ3v) is 6.91. The van der Waals surface area contributed by atoms with Crippen molar-refractivity contribution in [3.8, 4) is 11.8 Å². The Balaban J connectivity index is 1.75. The largest absolute Gasteiger partial charge is 0.492 e. The molecule has 0 fully saturated rings. The number of amides is 1. The molecule has 0 saturated heterocycles. The van der Waals surface area contributed by atoms with E-state index < -0.39 is 0 Å². The third kappa shape index (κ3) is 5.16. The zero-order valence-electron chi connectivity index (χ0n) is 22.5. The second-order valence-electron chi connectivity index (χ2n) is 9.34. The Labute approximate surface area is 223 Å². The van der Waals surface area contributed by atoms with E-state index in [1.54, 1.807) is 25.5 Å². The van der Waals surface area contributed by atoms with Crippen LogP contribution in [0.15, 0.2) is 48.6 Å². The molecule has 1 amide bonds. The quantitative estimate of drug-likeness (QED) is 0.417. The molecule has 0 radical (unpaired) electrons. The molecule has 0 spiro atoms. The zero-order valence-corrected chi connectivity index (χ0v) is 22.5. The van der Waals surface area contributed by atoms with Crippen molar-refractivity contribution >= 4 is 11.6 Å². The van der Waals surface area contributed by atoms with Crippen LogP contribution in [0, 0.1) is 23.7 Å². The van der Waals surface area contributed by atoms with Gasteiger partial charge in [0.1, 0.15) is 23.2 Å². The molecule has 0 aliphatic carbocycles. The van der Waals surface area contributed by atoms with E-state index in [-0.39, 0.29) is 11.9 Å². The van der Waals surface area contributed by atoms with Crippen molar-refractivity contribution in [1.82, 2.24) is 24.8 Å². The minimum absolute atomic E-state index is 0.101. The fourth-order valence-electron chi connectivity index (χ4n) is 4.83. The summed E-state index contributed by atoms with van der Waals surface area (Å²) in [5.41, 5.74) is 5.41. The Bertz CT molecular complexity index is 1450. The number of fused-ring (bicyclic) bond motifs is 1. The maximum atomic E-state index is 14.0. The van der Waals surface area contributed by atoms with Crippen LogP contribution in [0.3, 0.4) is 0 Å². The van der Waals surface area contributed by atoms with Gasteiger partial charge in [0.25, 0.3) is 5.91 Å². The van der Waals surface area contributed by atoms with Gasteiger partial charge in [0.2, 0.25) is 0 Å². The van der Waals surface area contributed by atoms with Crippen LogP contribution in [-0.4, -0.2) is 51.3 Å². The number of carbonyl (C=O) groups is 1. The number of rotatable bonds is 9. The second kappa shape index (κ2) is 11.3. The van der Waals surface area contributed by atoms with Crippen LogP contribution in [0.5, 0.6) is 5.75 Å². The summed E-state index contributed by atoms with van der Waals surface area (Å²) < 4.78 is 7.66. The Morgan fingerprint density at radius 3 is 2.79 bits per heavy atom. The van der Waals surface area contributed by atoms with E-state index in [1.165, 1.54) is 6.20 Å². The highest BCUT2D eigenvalue weighted by Gasteiger charge is 2.32. The van der Waals surface area contributed by atoms with Crippen molar-refractivity contribution in [3.63, 3.8) is 0 Å². The smallest absolute Gasteiger partial charge is 0.254 e. The maximum Gasteiger partial charge on any atom is 0.254 e. The summed E-state index contributed by atoms with van der Waals surface area (Å²) in [7, 11) is 1.81. The van der Waals surface area contributed by atoms with Crippen molar-refractivity contribution in [1.29, 1.82) is 10.7 Å². The Morgan fingerprint density at radius 1 is 1.34 bits per heavy atom. The summed E-state index contributed by atoms with van der Waals surface area (Å²) in [6, 6.07) is 7.51. The second-order valence-corrected chi connectivity index (χ2v) is 9.34. The lowest BCUT2D eigenvalue weighted by Gasteiger charge is -2.35. The first-order chi connectivity index (χ1) is 18.3. The first-order valence-corrected chi connectivity index (χ1v) is 12.7. The van der Waals surface area contributed by atoms with E-state index in [9.17, 15) is 10.1 Å². The van der Waals surface area contributed by atoms with Gasteiger partial charge in [-0.05, 0) is 62.9 Å². The van der Waals surface area contributed by atoms with Gasteiger partial charge in [-0.2, -0.15) is 5.26 Å². The Hall–Kier alpha value is -4.45. The van der Waals surface area contributed by atoms with Gasteiger partial charge in [-0.3, -0.25) is 15.2 Å². The summed E-state index contributed by atoms with van der Waals surface area (Å²) >= 11 is 0. The van der Waals surface area contributed by atoms with Gasteiger partial charge in [0.15, 0.2) is 0 Å². The standard InChI is InChI=1S/C29H33N7O2/c1-6-38-27-13-26(34-16-22(27)14-30)19(3)36-9-7-23-24(28(31)18(2)15-32-5)11-21(12-25(23)29(36)37)17-35-10-8-33-20(35)4/h8,10-13,15-16,19,31-32H,6-7,9,17H2,1-5H3/b18-15-,31-28?/t19-/m0/s1. The summed E-state index contributed by atoms with van der Waals surface area (Å²) in [5, 5.41) is 21.3. The SMILES string of the molecule is CCOc1cc([C@H](C)N2CCc3c(C(=N)/C(C)=C\NC)cc(Cn4ccnc4C)cc3C2=O)ncc1C#N. The van der Waals surface area contributed by atoms with Crippen molar-refractivity contribution in [2.75, 3.05) is 20.2 Å². The van der Waals surface area contributed by atoms with E-state index in [0.717, 1.165) is 28.1 Å². The first-order valence-electron chi connectivity index (χ1n) is 12.7. The van der Waals surface area contributed by atoms with E-state index >= 15 is 0 Å². The van der Waals surface area contributed by atoms with Crippen LogP contribution in [0.2, 0.25) is 0 Å². The number of ether oxygens (including phenoxy) is 1. The molecule has 2 N–H and O–H groups in total. The highest BCUT2D eigenvalue weighted by molar-refractivity contribution is 6.13. The van der Waals surface area contributed by atoms with Gasteiger partial charge in [-0.15, -0.1) is 0 Å². The van der Waals surface area contributed by atoms with Crippen LogP contribution in [-0.2, 0) is 13.0 Å². The first kappa shape index (κ1) is 26.6. The average molecular weight is 512 g/mol. The van der Waals surface area contributed by atoms with Gasteiger partial charge < -0.3 is 19.5 Å². The summed E-state index contributed by atoms with van der Waals surface area (Å²) in [4.78, 5) is 24.6.